The first kappa shape index (κ1) is 16.6. The van der Waals surface area contributed by atoms with Gasteiger partial charge in [0.25, 0.3) is 5.91 Å². The lowest BCUT2D eigenvalue weighted by Crippen LogP contribution is -2.13. The van der Waals surface area contributed by atoms with E-state index in [0.717, 1.165) is 11.4 Å². The van der Waals surface area contributed by atoms with Crippen LogP contribution in [-0.2, 0) is 11.2 Å². The molecule has 23 heavy (non-hydrogen) atoms. The topological polar surface area (TPSA) is 98.9 Å². The largest absolute Gasteiger partial charge is 0.507 e. The van der Waals surface area contributed by atoms with Gasteiger partial charge < -0.3 is 5.11 Å². The van der Waals surface area contributed by atoms with Crippen LogP contribution in [0.4, 0.5) is 5.13 Å². The van der Waals surface area contributed by atoms with Crippen LogP contribution < -0.4 is 5.32 Å². The van der Waals surface area contributed by atoms with Crippen molar-refractivity contribution in [3.05, 3.63) is 39.4 Å². The molecular weight excluding hydrogens is 312 g/mol. The number of hydrogen-bond acceptors (Lipinski definition) is 6. The first-order valence-corrected chi connectivity index (χ1v) is 7.82. The zero-order valence-corrected chi connectivity index (χ0v) is 13.9. The van der Waals surface area contributed by atoms with E-state index in [4.69, 9.17) is 0 Å². The summed E-state index contributed by atoms with van der Waals surface area (Å²) in [5, 5.41) is 30.5. The molecule has 0 saturated heterocycles. The molecule has 0 aliphatic carbocycles. The Balaban J connectivity index is 2.24. The third-order valence-corrected chi connectivity index (χ3v) is 4.16. The summed E-state index contributed by atoms with van der Waals surface area (Å²) in [5.41, 5.74) is 2.01. The number of aromatic nitrogens is 2. The zero-order chi connectivity index (χ0) is 17.0. The molecule has 0 saturated carbocycles. The minimum atomic E-state index is -0.533. The Morgan fingerprint density at radius 3 is 2.57 bits per heavy atom. The van der Waals surface area contributed by atoms with Gasteiger partial charge in [0.2, 0.25) is 5.13 Å². The number of aryl methyl sites for hydroxylation is 3. The van der Waals surface area contributed by atoms with Crippen molar-refractivity contribution < 1.29 is 9.90 Å². The van der Waals surface area contributed by atoms with Gasteiger partial charge in [-0.25, -0.2) is 0 Å². The average Bonchev–Trinajstić information content (AvgIpc) is 2.97. The third-order valence-electron chi connectivity index (χ3n) is 3.18. The number of carbonyl (C=O) groups is 1. The Kier molecular flexibility index (Phi) is 5.09. The van der Waals surface area contributed by atoms with Crippen molar-refractivity contribution in [2.75, 3.05) is 5.32 Å². The molecule has 0 spiro atoms. The van der Waals surface area contributed by atoms with Crippen molar-refractivity contribution in [1.82, 2.24) is 10.2 Å². The first-order chi connectivity index (χ1) is 10.9. The molecule has 1 heterocycles. The zero-order valence-electron chi connectivity index (χ0n) is 13.0. The lowest BCUT2D eigenvalue weighted by Gasteiger charge is -2.05. The molecule has 0 radical (unpaired) electrons. The Morgan fingerprint density at radius 2 is 2.04 bits per heavy atom. The lowest BCUT2D eigenvalue weighted by molar-refractivity contribution is -0.112. The Bertz CT molecular complexity index is 795. The van der Waals surface area contributed by atoms with Crippen molar-refractivity contribution in [3.63, 3.8) is 0 Å². The molecule has 6 nitrogen and oxygen atoms in total. The van der Waals surface area contributed by atoms with Crippen molar-refractivity contribution in [2.24, 2.45) is 0 Å². The smallest absolute Gasteiger partial charge is 0.268 e. The predicted molar refractivity (Wildman–Crippen MR) is 89.1 cm³/mol. The molecule has 1 aromatic carbocycles. The van der Waals surface area contributed by atoms with E-state index in [-0.39, 0.29) is 11.3 Å². The molecule has 1 amide bonds. The minimum absolute atomic E-state index is 0.0391. The molecule has 0 unspecified atom stereocenters. The molecular formula is C16H16N4O2S. The number of aromatic hydroxyl groups is 1. The summed E-state index contributed by atoms with van der Waals surface area (Å²) in [6.07, 6.45) is 2.22. The first-order valence-electron chi connectivity index (χ1n) is 7.00. The van der Waals surface area contributed by atoms with E-state index in [1.807, 2.05) is 13.0 Å². The normalized spacial score (nSPS) is 11.1. The highest BCUT2D eigenvalue weighted by molar-refractivity contribution is 7.15. The number of phenols is 1. The van der Waals surface area contributed by atoms with Crippen LogP contribution in [0, 0.1) is 25.2 Å². The van der Waals surface area contributed by atoms with Gasteiger partial charge in [-0.05, 0) is 55.2 Å². The molecule has 0 fully saturated rings. The van der Waals surface area contributed by atoms with E-state index in [1.54, 1.807) is 26.0 Å². The number of nitrogens with zero attached hydrogens (tertiary/aromatic N) is 3. The average molecular weight is 328 g/mol. The number of benzene rings is 1. The van der Waals surface area contributed by atoms with Gasteiger partial charge in [-0.15, -0.1) is 10.2 Å². The number of nitriles is 1. The van der Waals surface area contributed by atoms with Gasteiger partial charge >= 0.3 is 0 Å². The summed E-state index contributed by atoms with van der Waals surface area (Å²) >= 11 is 1.28. The molecule has 2 aromatic rings. The van der Waals surface area contributed by atoms with Gasteiger partial charge in [0.05, 0.1) is 0 Å². The molecule has 2 rings (SSSR count). The number of nitrogens with one attached hydrogen (secondary N) is 1. The van der Waals surface area contributed by atoms with Crippen LogP contribution in [0.3, 0.4) is 0 Å². The second-order valence-corrected chi connectivity index (χ2v) is 6.04. The number of carbonyl (C=O) groups excluding carboxylic acids is 1. The highest BCUT2D eigenvalue weighted by Crippen LogP contribution is 2.24. The summed E-state index contributed by atoms with van der Waals surface area (Å²) in [6.45, 7) is 5.47. The van der Waals surface area contributed by atoms with Crippen LogP contribution in [-0.4, -0.2) is 21.2 Å². The van der Waals surface area contributed by atoms with Crippen LogP contribution in [0.1, 0.15) is 28.6 Å². The van der Waals surface area contributed by atoms with E-state index in [9.17, 15) is 15.2 Å². The fourth-order valence-corrected chi connectivity index (χ4v) is 2.67. The Hall–Kier alpha value is -2.72. The summed E-state index contributed by atoms with van der Waals surface area (Å²) in [4.78, 5) is 12.2. The Labute approximate surface area is 138 Å². The number of rotatable bonds is 4. The molecule has 0 bridgehead atoms. The molecule has 7 heteroatoms. The highest BCUT2D eigenvalue weighted by atomic mass is 32.1. The lowest BCUT2D eigenvalue weighted by atomic mass is 10.0. The number of hydrogen-bond donors (Lipinski definition) is 2. The van der Waals surface area contributed by atoms with E-state index >= 15 is 0 Å². The van der Waals surface area contributed by atoms with Gasteiger partial charge in [0.15, 0.2) is 0 Å². The monoisotopic (exact) mass is 328 g/mol. The van der Waals surface area contributed by atoms with Crippen molar-refractivity contribution in [1.29, 1.82) is 5.26 Å². The molecule has 118 valence electrons. The maximum absolute atomic E-state index is 12.2. The summed E-state index contributed by atoms with van der Waals surface area (Å²) < 4.78 is 0. The highest BCUT2D eigenvalue weighted by Gasteiger charge is 2.13. The summed E-state index contributed by atoms with van der Waals surface area (Å²) in [7, 11) is 0. The number of anilines is 1. The van der Waals surface area contributed by atoms with Crippen molar-refractivity contribution in [2.45, 2.75) is 27.2 Å². The van der Waals surface area contributed by atoms with Gasteiger partial charge in [-0.3, -0.25) is 10.1 Å². The van der Waals surface area contributed by atoms with Crippen LogP contribution in [0.25, 0.3) is 6.08 Å². The van der Waals surface area contributed by atoms with E-state index < -0.39 is 5.91 Å². The van der Waals surface area contributed by atoms with Gasteiger partial charge in [0.1, 0.15) is 22.4 Å². The standard InChI is InChI=1S/C16H16N4O2S/c1-4-13-19-20-16(23-13)18-15(22)12(8-17)7-11-5-9(2)14(21)10(3)6-11/h5-7,21H,4H2,1-3H3,(H,18,20,22)/b12-7+. The second kappa shape index (κ2) is 7.03. The van der Waals surface area contributed by atoms with Crippen LogP contribution >= 0.6 is 11.3 Å². The van der Waals surface area contributed by atoms with Crippen molar-refractivity contribution in [3.8, 4) is 11.8 Å². The molecule has 0 aliphatic heterocycles. The van der Waals surface area contributed by atoms with Crippen LogP contribution in [0.2, 0.25) is 0 Å². The van der Waals surface area contributed by atoms with Gasteiger partial charge in [0, 0.05) is 0 Å². The third kappa shape index (κ3) is 3.93. The SMILES string of the molecule is CCc1nnc(NC(=O)/C(C#N)=C/c2cc(C)c(O)c(C)c2)s1. The van der Waals surface area contributed by atoms with Crippen molar-refractivity contribution >= 4 is 28.5 Å². The van der Waals surface area contributed by atoms with Gasteiger partial charge in [-0.2, -0.15) is 5.26 Å². The molecule has 1 aromatic heterocycles. The molecule has 2 N–H and O–H groups in total. The van der Waals surface area contributed by atoms with Gasteiger partial charge in [-0.1, -0.05) is 18.3 Å². The summed E-state index contributed by atoms with van der Waals surface area (Å²) in [6, 6.07) is 5.32. The van der Waals surface area contributed by atoms with E-state index in [1.165, 1.54) is 17.4 Å². The van der Waals surface area contributed by atoms with Crippen LogP contribution in [0.15, 0.2) is 17.7 Å². The predicted octanol–water partition coefficient (Wildman–Crippen LogP) is 2.97. The Morgan fingerprint density at radius 1 is 1.39 bits per heavy atom. The minimum Gasteiger partial charge on any atom is -0.507 e. The van der Waals surface area contributed by atoms with E-state index in [0.29, 0.717) is 21.8 Å². The maximum Gasteiger partial charge on any atom is 0.268 e. The fraction of sp³-hybridized carbons (Fsp3) is 0.250. The van der Waals surface area contributed by atoms with Crippen LogP contribution in [0.5, 0.6) is 5.75 Å². The number of amides is 1. The maximum atomic E-state index is 12.2. The molecule has 0 aliphatic rings. The summed E-state index contributed by atoms with van der Waals surface area (Å²) in [5.74, 6) is -0.319. The molecule has 0 atom stereocenters. The second-order valence-electron chi connectivity index (χ2n) is 4.98. The number of phenolic OH excluding ortho intramolecular Hbond substituents is 1. The fourth-order valence-electron chi connectivity index (χ4n) is 2.00. The quantitative estimate of drug-likeness (QED) is 0.664. The van der Waals surface area contributed by atoms with E-state index in [2.05, 4.69) is 15.5 Å².